The number of amides is 1. The molecule has 1 aromatic carbocycles. The number of hydrogen-bond donors (Lipinski definition) is 2. The third kappa shape index (κ3) is 3.51. The van der Waals surface area contributed by atoms with Gasteiger partial charge < -0.3 is 10.3 Å². The number of thioether (sulfide) groups is 1. The minimum atomic E-state index is -0.477. The molecular formula is C17H18FN3O2S. The zero-order valence-electron chi connectivity index (χ0n) is 13.3. The van der Waals surface area contributed by atoms with Crippen LogP contribution in [0, 0.1) is 5.82 Å². The largest absolute Gasteiger partial charge is 0.323 e. The van der Waals surface area contributed by atoms with Crippen molar-refractivity contribution in [3.05, 3.63) is 51.7 Å². The Kier molecular flexibility index (Phi) is 4.99. The molecule has 0 spiro atoms. The number of fused-ring (bicyclic) bond motifs is 1. The second-order valence-corrected chi connectivity index (χ2v) is 6.83. The van der Waals surface area contributed by atoms with Crippen LogP contribution in [0.3, 0.4) is 0 Å². The smallest absolute Gasteiger partial charge is 0.254 e. The van der Waals surface area contributed by atoms with Crippen molar-refractivity contribution in [2.24, 2.45) is 0 Å². The molecule has 0 fully saturated rings. The van der Waals surface area contributed by atoms with Crippen LogP contribution < -0.4 is 10.9 Å². The van der Waals surface area contributed by atoms with Gasteiger partial charge in [-0.1, -0.05) is 30.8 Å². The number of benzene rings is 1. The van der Waals surface area contributed by atoms with Gasteiger partial charge in [-0.25, -0.2) is 9.37 Å². The second-order valence-electron chi connectivity index (χ2n) is 5.63. The van der Waals surface area contributed by atoms with E-state index >= 15 is 0 Å². The fourth-order valence-electron chi connectivity index (χ4n) is 2.71. The highest BCUT2D eigenvalue weighted by Gasteiger charge is 2.23. The van der Waals surface area contributed by atoms with Crippen molar-refractivity contribution in [1.82, 2.24) is 9.97 Å². The molecule has 1 unspecified atom stereocenters. The van der Waals surface area contributed by atoms with Crippen LogP contribution in [0.5, 0.6) is 0 Å². The molecule has 1 aliphatic rings. The lowest BCUT2D eigenvalue weighted by Crippen LogP contribution is -2.26. The summed E-state index contributed by atoms with van der Waals surface area (Å²) in [6, 6.07) is 6.03. The van der Waals surface area contributed by atoms with Gasteiger partial charge in [-0.3, -0.25) is 9.59 Å². The maximum atomic E-state index is 13.7. The zero-order chi connectivity index (χ0) is 17.1. The molecule has 1 aromatic heterocycles. The number of H-pyrrole nitrogens is 1. The van der Waals surface area contributed by atoms with Gasteiger partial charge in [-0.2, -0.15) is 0 Å². The van der Waals surface area contributed by atoms with Gasteiger partial charge in [-0.15, -0.1) is 0 Å². The summed E-state index contributed by atoms with van der Waals surface area (Å²) in [4.78, 5) is 31.7. The standard InChI is InChI=1S/C17H18FN3O2S/c1-2-14(16(23)19-13-8-4-3-7-11(13)18)24-17-20-12-9-5-6-10(12)15(22)21-17/h3-4,7-8,14H,2,5-6,9H2,1H3,(H,19,23)(H,20,21,22). The number of anilines is 1. The van der Waals surface area contributed by atoms with Crippen molar-refractivity contribution < 1.29 is 9.18 Å². The Morgan fingerprint density at radius 3 is 2.96 bits per heavy atom. The number of carbonyl (C=O) groups excluding carboxylic acids is 1. The van der Waals surface area contributed by atoms with Crippen molar-refractivity contribution in [3.63, 3.8) is 0 Å². The number of halogens is 1. The number of hydrogen-bond acceptors (Lipinski definition) is 4. The molecule has 3 rings (SSSR count). The first-order valence-corrected chi connectivity index (χ1v) is 8.80. The lowest BCUT2D eigenvalue weighted by atomic mass is 10.2. The molecule has 1 heterocycles. The molecule has 5 nitrogen and oxygen atoms in total. The normalized spacial score (nSPS) is 14.2. The topological polar surface area (TPSA) is 74.8 Å². The molecule has 1 amide bonds. The van der Waals surface area contributed by atoms with E-state index in [1.807, 2.05) is 6.92 Å². The molecule has 2 N–H and O–H groups in total. The van der Waals surface area contributed by atoms with Gasteiger partial charge in [-0.05, 0) is 37.8 Å². The third-order valence-corrected chi connectivity index (χ3v) is 5.22. The number of carbonyl (C=O) groups is 1. The maximum Gasteiger partial charge on any atom is 0.254 e. The summed E-state index contributed by atoms with van der Waals surface area (Å²) in [6.45, 7) is 1.87. The predicted molar refractivity (Wildman–Crippen MR) is 91.8 cm³/mol. The molecule has 126 valence electrons. The van der Waals surface area contributed by atoms with E-state index in [1.165, 1.54) is 23.9 Å². The van der Waals surface area contributed by atoms with E-state index < -0.39 is 11.1 Å². The molecule has 0 bridgehead atoms. The van der Waals surface area contributed by atoms with Crippen LogP contribution in [-0.4, -0.2) is 21.1 Å². The minimum Gasteiger partial charge on any atom is -0.323 e. The number of aromatic amines is 1. The van der Waals surface area contributed by atoms with Gasteiger partial charge in [0.05, 0.1) is 16.6 Å². The molecule has 0 aliphatic heterocycles. The first kappa shape index (κ1) is 16.7. The molecule has 1 aliphatic carbocycles. The number of aryl methyl sites for hydroxylation is 1. The molecule has 0 saturated carbocycles. The van der Waals surface area contributed by atoms with E-state index in [0.717, 1.165) is 30.5 Å². The van der Waals surface area contributed by atoms with Gasteiger partial charge in [0, 0.05) is 5.56 Å². The highest BCUT2D eigenvalue weighted by atomic mass is 32.2. The van der Waals surface area contributed by atoms with Crippen LogP contribution in [-0.2, 0) is 17.6 Å². The average molecular weight is 347 g/mol. The monoisotopic (exact) mass is 347 g/mol. The van der Waals surface area contributed by atoms with Crippen molar-refractivity contribution in [1.29, 1.82) is 0 Å². The molecule has 0 radical (unpaired) electrons. The van der Waals surface area contributed by atoms with E-state index in [4.69, 9.17) is 0 Å². The number of rotatable bonds is 5. The quantitative estimate of drug-likeness (QED) is 0.644. The zero-order valence-corrected chi connectivity index (χ0v) is 14.1. The van der Waals surface area contributed by atoms with Crippen LogP contribution in [0.25, 0.3) is 0 Å². The van der Waals surface area contributed by atoms with Crippen molar-refractivity contribution in [2.75, 3.05) is 5.32 Å². The summed E-state index contributed by atoms with van der Waals surface area (Å²) in [5.41, 5.74) is 1.61. The van der Waals surface area contributed by atoms with Crippen LogP contribution in [0.2, 0.25) is 0 Å². The molecule has 7 heteroatoms. The Bertz CT molecular complexity index is 822. The van der Waals surface area contributed by atoms with Gasteiger partial charge in [0.2, 0.25) is 5.91 Å². The third-order valence-electron chi connectivity index (χ3n) is 3.97. The predicted octanol–water partition coefficient (Wildman–Crippen LogP) is 2.91. The number of nitrogens with zero attached hydrogens (tertiary/aromatic N) is 1. The van der Waals surface area contributed by atoms with Gasteiger partial charge in [0.15, 0.2) is 5.16 Å². The average Bonchev–Trinajstić information content (AvgIpc) is 3.03. The SMILES string of the molecule is CCC(Sc1nc2c(c(=O)[nH]1)CCC2)C(=O)Nc1ccccc1F. The highest BCUT2D eigenvalue weighted by molar-refractivity contribution is 8.00. The van der Waals surface area contributed by atoms with E-state index in [2.05, 4.69) is 15.3 Å². The van der Waals surface area contributed by atoms with Crippen molar-refractivity contribution in [2.45, 2.75) is 43.0 Å². The summed E-state index contributed by atoms with van der Waals surface area (Å²) in [7, 11) is 0. The lowest BCUT2D eigenvalue weighted by Gasteiger charge is -2.14. The summed E-state index contributed by atoms with van der Waals surface area (Å²) in [6.07, 6.45) is 3.02. The molecule has 2 aromatic rings. The summed E-state index contributed by atoms with van der Waals surface area (Å²) < 4.78 is 13.7. The van der Waals surface area contributed by atoms with Crippen LogP contribution in [0.15, 0.2) is 34.2 Å². The number of aromatic nitrogens is 2. The summed E-state index contributed by atoms with van der Waals surface area (Å²) >= 11 is 1.20. The number of para-hydroxylation sites is 1. The highest BCUT2D eigenvalue weighted by Crippen LogP contribution is 2.25. The van der Waals surface area contributed by atoms with E-state index in [0.29, 0.717) is 11.6 Å². The van der Waals surface area contributed by atoms with Gasteiger partial charge in [0.25, 0.3) is 5.56 Å². The lowest BCUT2D eigenvalue weighted by molar-refractivity contribution is -0.115. The second kappa shape index (κ2) is 7.17. The molecule has 0 saturated heterocycles. The summed E-state index contributed by atoms with van der Waals surface area (Å²) in [5.74, 6) is -0.787. The fourth-order valence-corrected chi connectivity index (χ4v) is 3.62. The molecule has 24 heavy (non-hydrogen) atoms. The van der Waals surface area contributed by atoms with Crippen LogP contribution in [0.1, 0.15) is 31.0 Å². The van der Waals surface area contributed by atoms with Crippen LogP contribution >= 0.6 is 11.8 Å². The van der Waals surface area contributed by atoms with E-state index in [-0.39, 0.29) is 17.2 Å². The van der Waals surface area contributed by atoms with Crippen LogP contribution in [0.4, 0.5) is 10.1 Å². The molecular weight excluding hydrogens is 329 g/mol. The Balaban J connectivity index is 1.75. The Morgan fingerprint density at radius 1 is 1.42 bits per heavy atom. The van der Waals surface area contributed by atoms with E-state index in [1.54, 1.807) is 12.1 Å². The van der Waals surface area contributed by atoms with Crippen molar-refractivity contribution in [3.8, 4) is 0 Å². The number of nitrogens with one attached hydrogen (secondary N) is 2. The first-order chi connectivity index (χ1) is 11.6. The van der Waals surface area contributed by atoms with Gasteiger partial charge >= 0.3 is 0 Å². The Morgan fingerprint density at radius 2 is 2.21 bits per heavy atom. The van der Waals surface area contributed by atoms with E-state index in [9.17, 15) is 14.0 Å². The van der Waals surface area contributed by atoms with Gasteiger partial charge in [0.1, 0.15) is 5.82 Å². The summed E-state index contributed by atoms with van der Waals surface area (Å²) in [5, 5.41) is 2.57. The fraction of sp³-hybridized carbons (Fsp3) is 0.353. The Labute approximate surface area is 143 Å². The Hall–Kier alpha value is -2.15. The maximum absolute atomic E-state index is 13.7. The first-order valence-electron chi connectivity index (χ1n) is 7.92. The molecule has 1 atom stereocenters. The van der Waals surface area contributed by atoms with Crippen molar-refractivity contribution >= 4 is 23.4 Å². The minimum absolute atomic E-state index is 0.121.